The molecule has 120 valence electrons. The van der Waals surface area contributed by atoms with Gasteiger partial charge in [-0.3, -0.25) is 4.79 Å². The molecule has 4 nitrogen and oxygen atoms in total. The normalized spacial score (nSPS) is 16.5. The van der Waals surface area contributed by atoms with E-state index in [4.69, 9.17) is 4.74 Å². The Kier molecular flexibility index (Phi) is 4.76. The number of benzene rings is 1. The van der Waals surface area contributed by atoms with Gasteiger partial charge in [0.1, 0.15) is 4.88 Å². The van der Waals surface area contributed by atoms with E-state index in [9.17, 15) is 9.59 Å². The van der Waals surface area contributed by atoms with Crippen molar-refractivity contribution in [3.63, 3.8) is 0 Å². The van der Waals surface area contributed by atoms with E-state index in [-0.39, 0.29) is 12.5 Å². The Balaban J connectivity index is 1.54. The number of amides is 1. The zero-order chi connectivity index (χ0) is 16.2. The fourth-order valence-corrected chi connectivity index (χ4v) is 3.83. The number of carbonyl (C=O) groups is 2. The van der Waals surface area contributed by atoms with Crippen molar-refractivity contribution in [2.45, 2.75) is 26.2 Å². The molecule has 0 radical (unpaired) electrons. The number of hydrogen-bond donors (Lipinski definition) is 1. The van der Waals surface area contributed by atoms with E-state index in [0.717, 1.165) is 12.8 Å². The van der Waals surface area contributed by atoms with E-state index in [1.807, 2.05) is 24.3 Å². The minimum absolute atomic E-state index is 0.271. The highest BCUT2D eigenvalue weighted by molar-refractivity contribution is 7.14. The van der Waals surface area contributed by atoms with Gasteiger partial charge in [-0.25, -0.2) is 4.79 Å². The van der Waals surface area contributed by atoms with Crippen LogP contribution in [0.4, 0.5) is 5.69 Å². The number of nitrogens with one attached hydrogen (secondary N) is 1. The summed E-state index contributed by atoms with van der Waals surface area (Å²) >= 11 is 1.49. The number of para-hydroxylation sites is 1. The van der Waals surface area contributed by atoms with E-state index in [1.54, 1.807) is 12.1 Å². The number of fused-ring (bicyclic) bond motifs is 1. The predicted molar refractivity (Wildman–Crippen MR) is 90.9 cm³/mol. The van der Waals surface area contributed by atoms with Gasteiger partial charge in [0.15, 0.2) is 6.61 Å². The van der Waals surface area contributed by atoms with Crippen LogP contribution in [0.2, 0.25) is 0 Å². The highest BCUT2D eigenvalue weighted by atomic mass is 32.1. The van der Waals surface area contributed by atoms with Crippen molar-refractivity contribution in [3.8, 4) is 0 Å². The summed E-state index contributed by atoms with van der Waals surface area (Å²) in [6.07, 6.45) is 3.22. The van der Waals surface area contributed by atoms with Gasteiger partial charge in [-0.2, -0.15) is 0 Å². The molecule has 23 heavy (non-hydrogen) atoms. The van der Waals surface area contributed by atoms with Crippen molar-refractivity contribution in [1.82, 2.24) is 0 Å². The third kappa shape index (κ3) is 3.99. The van der Waals surface area contributed by atoms with Crippen LogP contribution < -0.4 is 5.32 Å². The molecule has 0 saturated heterocycles. The number of esters is 1. The molecule has 0 spiro atoms. The maximum Gasteiger partial charge on any atom is 0.348 e. The zero-order valence-corrected chi connectivity index (χ0v) is 13.8. The Hall–Kier alpha value is -2.14. The fourth-order valence-electron chi connectivity index (χ4n) is 2.73. The summed E-state index contributed by atoms with van der Waals surface area (Å²) in [5, 5.41) is 2.69. The first kappa shape index (κ1) is 15.7. The Morgan fingerprint density at radius 1 is 1.30 bits per heavy atom. The van der Waals surface area contributed by atoms with Gasteiger partial charge in [0.05, 0.1) is 0 Å². The van der Waals surface area contributed by atoms with Crippen molar-refractivity contribution in [3.05, 3.63) is 51.7 Å². The van der Waals surface area contributed by atoms with Crippen LogP contribution in [0.15, 0.2) is 36.4 Å². The summed E-state index contributed by atoms with van der Waals surface area (Å²) in [6, 6.07) is 11.0. The topological polar surface area (TPSA) is 55.4 Å². The molecule has 0 aliphatic heterocycles. The number of aryl methyl sites for hydroxylation is 1. The monoisotopic (exact) mass is 329 g/mol. The highest BCUT2D eigenvalue weighted by Gasteiger charge is 2.21. The SMILES string of the molecule is CC1CCc2sc(C(=O)OCC(=O)Nc3ccccc3)cc2C1. The zero-order valence-electron chi connectivity index (χ0n) is 13.0. The number of thiophene rings is 1. The molecule has 3 rings (SSSR count). The Bertz CT molecular complexity index is 708. The first-order chi connectivity index (χ1) is 11.1. The maximum atomic E-state index is 12.1. The van der Waals surface area contributed by atoms with Gasteiger partial charge in [0.25, 0.3) is 5.91 Å². The average molecular weight is 329 g/mol. The van der Waals surface area contributed by atoms with Gasteiger partial charge in [0.2, 0.25) is 0 Å². The van der Waals surface area contributed by atoms with Crippen molar-refractivity contribution >= 4 is 28.9 Å². The molecule has 1 heterocycles. The van der Waals surface area contributed by atoms with E-state index in [1.165, 1.54) is 28.2 Å². The van der Waals surface area contributed by atoms with Crippen LogP contribution >= 0.6 is 11.3 Å². The number of ether oxygens (including phenoxy) is 1. The highest BCUT2D eigenvalue weighted by Crippen LogP contribution is 2.32. The third-order valence-electron chi connectivity index (χ3n) is 3.92. The molecule has 1 aromatic heterocycles. The van der Waals surface area contributed by atoms with Crippen LogP contribution in [0.1, 0.15) is 33.5 Å². The van der Waals surface area contributed by atoms with Crippen LogP contribution in [0.25, 0.3) is 0 Å². The summed E-state index contributed by atoms with van der Waals surface area (Å²) in [5.74, 6) is -0.0858. The Morgan fingerprint density at radius 3 is 2.87 bits per heavy atom. The second kappa shape index (κ2) is 6.96. The second-order valence-corrected chi connectivity index (χ2v) is 7.03. The minimum atomic E-state index is -0.416. The lowest BCUT2D eigenvalue weighted by atomic mass is 9.90. The van der Waals surface area contributed by atoms with Gasteiger partial charge >= 0.3 is 5.97 Å². The van der Waals surface area contributed by atoms with Crippen molar-refractivity contribution < 1.29 is 14.3 Å². The molecule has 0 saturated carbocycles. The molecule has 0 bridgehead atoms. The van der Waals surface area contributed by atoms with Gasteiger partial charge in [-0.05, 0) is 48.9 Å². The molecule has 5 heteroatoms. The molecule has 0 fully saturated rings. The van der Waals surface area contributed by atoms with E-state index >= 15 is 0 Å². The van der Waals surface area contributed by atoms with Crippen LogP contribution in [0.3, 0.4) is 0 Å². The van der Waals surface area contributed by atoms with Crippen LogP contribution in [0.5, 0.6) is 0 Å². The molecular weight excluding hydrogens is 310 g/mol. The molecule has 1 N–H and O–H groups in total. The van der Waals surface area contributed by atoms with Crippen LogP contribution in [-0.4, -0.2) is 18.5 Å². The van der Waals surface area contributed by atoms with Gasteiger partial charge in [0, 0.05) is 10.6 Å². The Morgan fingerprint density at radius 2 is 2.09 bits per heavy atom. The van der Waals surface area contributed by atoms with Gasteiger partial charge < -0.3 is 10.1 Å². The van der Waals surface area contributed by atoms with E-state index in [0.29, 0.717) is 16.5 Å². The smallest absolute Gasteiger partial charge is 0.348 e. The standard InChI is InChI=1S/C18H19NO3S/c1-12-7-8-15-13(9-12)10-16(23-15)18(21)22-11-17(20)19-14-5-3-2-4-6-14/h2-6,10,12H,7-9,11H2,1H3,(H,19,20). The van der Waals surface area contributed by atoms with E-state index in [2.05, 4.69) is 12.2 Å². The lowest BCUT2D eigenvalue weighted by Crippen LogP contribution is -2.20. The number of hydrogen-bond acceptors (Lipinski definition) is 4. The van der Waals surface area contributed by atoms with E-state index < -0.39 is 5.97 Å². The molecule has 1 aliphatic carbocycles. The molecule has 1 unspecified atom stereocenters. The maximum absolute atomic E-state index is 12.1. The summed E-state index contributed by atoms with van der Waals surface area (Å²) in [6.45, 7) is 1.96. The molecular formula is C18H19NO3S. The molecule has 1 amide bonds. The predicted octanol–water partition coefficient (Wildman–Crippen LogP) is 3.67. The Labute approximate surface area is 139 Å². The first-order valence-electron chi connectivity index (χ1n) is 7.75. The number of anilines is 1. The number of rotatable bonds is 4. The van der Waals surface area contributed by atoms with Crippen molar-refractivity contribution in [1.29, 1.82) is 0 Å². The lowest BCUT2D eigenvalue weighted by molar-refractivity contribution is -0.119. The molecule has 2 aromatic rings. The third-order valence-corrected chi connectivity index (χ3v) is 5.14. The molecule has 1 aliphatic rings. The summed E-state index contributed by atoms with van der Waals surface area (Å²) in [4.78, 5) is 25.8. The van der Waals surface area contributed by atoms with Crippen molar-refractivity contribution in [2.75, 3.05) is 11.9 Å². The number of carbonyl (C=O) groups excluding carboxylic acids is 2. The first-order valence-corrected chi connectivity index (χ1v) is 8.57. The molecule has 1 aromatic carbocycles. The average Bonchev–Trinajstić information content (AvgIpc) is 2.96. The van der Waals surface area contributed by atoms with Gasteiger partial charge in [-0.15, -0.1) is 11.3 Å². The van der Waals surface area contributed by atoms with Crippen molar-refractivity contribution in [2.24, 2.45) is 5.92 Å². The summed E-state index contributed by atoms with van der Waals surface area (Å²) in [5.41, 5.74) is 1.95. The quantitative estimate of drug-likeness (QED) is 0.871. The van der Waals surface area contributed by atoms with Crippen LogP contribution in [0, 0.1) is 5.92 Å². The van der Waals surface area contributed by atoms with Gasteiger partial charge in [-0.1, -0.05) is 25.1 Å². The fraction of sp³-hybridized carbons (Fsp3) is 0.333. The van der Waals surface area contributed by atoms with Crippen LogP contribution in [-0.2, 0) is 22.4 Å². The molecule has 1 atom stereocenters. The summed E-state index contributed by atoms with van der Waals surface area (Å²) in [7, 11) is 0. The summed E-state index contributed by atoms with van der Waals surface area (Å²) < 4.78 is 5.13. The lowest BCUT2D eigenvalue weighted by Gasteiger charge is -2.16. The minimum Gasteiger partial charge on any atom is -0.451 e. The largest absolute Gasteiger partial charge is 0.451 e. The second-order valence-electron chi connectivity index (χ2n) is 5.90.